The molecule has 9 atom stereocenters. The van der Waals surface area contributed by atoms with Crippen molar-refractivity contribution in [3.63, 3.8) is 0 Å². The lowest BCUT2D eigenvalue weighted by molar-refractivity contribution is -0.143. The summed E-state index contributed by atoms with van der Waals surface area (Å²) >= 11 is 1.37. The number of aromatic hydroxyl groups is 2. The number of carbonyl (C=O) groups is 10. The lowest BCUT2D eigenvalue weighted by Crippen LogP contribution is -2.60. The van der Waals surface area contributed by atoms with Crippen molar-refractivity contribution in [2.24, 2.45) is 27.9 Å². The molecule has 442 valence electrons. The number of amides is 9. The minimum absolute atomic E-state index is 0.0182. The summed E-state index contributed by atoms with van der Waals surface area (Å²) in [6.07, 6.45) is 4.24. The third-order valence-corrected chi connectivity index (χ3v) is 13.5. The van der Waals surface area contributed by atoms with Gasteiger partial charge in [0.15, 0.2) is 5.96 Å². The van der Waals surface area contributed by atoms with E-state index in [0.29, 0.717) is 29.0 Å². The third-order valence-electron chi connectivity index (χ3n) is 12.9. The van der Waals surface area contributed by atoms with Gasteiger partial charge in [-0.15, -0.1) is 0 Å². The van der Waals surface area contributed by atoms with Gasteiger partial charge in [0.05, 0.1) is 19.0 Å². The van der Waals surface area contributed by atoms with E-state index in [-0.39, 0.29) is 88.3 Å². The quantitative estimate of drug-likeness (QED) is 0.0156. The van der Waals surface area contributed by atoms with Crippen LogP contribution in [-0.2, 0) is 67.2 Å². The highest BCUT2D eigenvalue weighted by molar-refractivity contribution is 7.98. The van der Waals surface area contributed by atoms with Crippen molar-refractivity contribution < 1.29 is 68.4 Å². The summed E-state index contributed by atoms with van der Waals surface area (Å²) in [6, 6.07) is -0.845. The molecule has 1 aliphatic rings. The number of aliphatic hydroxyl groups excluding tert-OH is 1. The van der Waals surface area contributed by atoms with Gasteiger partial charge in [-0.1, -0.05) is 24.3 Å². The number of thioether (sulfide) groups is 1. The number of aliphatic carboxylic acids is 1. The van der Waals surface area contributed by atoms with Gasteiger partial charge in [-0.25, -0.2) is 9.78 Å². The van der Waals surface area contributed by atoms with Crippen LogP contribution < -0.4 is 60.2 Å². The van der Waals surface area contributed by atoms with Crippen molar-refractivity contribution in [3.05, 3.63) is 77.9 Å². The van der Waals surface area contributed by atoms with Crippen molar-refractivity contribution in [3.8, 4) is 11.5 Å². The van der Waals surface area contributed by atoms with Crippen LogP contribution in [0.15, 0.2) is 66.0 Å². The van der Waals surface area contributed by atoms with Gasteiger partial charge in [-0.3, -0.25) is 48.1 Å². The van der Waals surface area contributed by atoms with E-state index >= 15 is 0 Å². The van der Waals surface area contributed by atoms with Crippen LogP contribution >= 0.6 is 11.8 Å². The predicted octanol–water partition coefficient (Wildman–Crippen LogP) is -4.27. The topological polar surface area (TPSA) is 484 Å². The first-order valence-corrected chi connectivity index (χ1v) is 27.3. The number of nitrogens with two attached hydrogens (primary N) is 4. The Morgan fingerprint density at radius 3 is 1.77 bits per heavy atom. The standard InChI is InChI=1S/C51H73N15O14S/c1-27(42(71)65-39(25-67)50(79)80)59-44(73)34(5-3-18-57-51(54)55)60-45(74)37(22-29-9-13-32(69)14-10-29)64-48(77)40-6-4-19-66(40)49(78)35(17-20-81-2)61-46(75)36(21-28-7-11-31(68)12-8-28)63-47(76)38(23-30-24-56-26-58-30)62-43(72)33(52)15-16-41(53)70/h7-14,24,26-27,33-40,67-69H,3-6,15-23,25,52H2,1-2H3,(H2,53,70)(H,56,58)(H,59,73)(H,60,74)(H,61,75)(H,62,72)(H,63,76)(H,64,77)(H,65,71)(H,79,80)(H4,54,55,57)/t27-,33-,34-,35-,36-,37-,38-,39-,40-/m0/s1. The number of carbonyl (C=O) groups excluding carboxylic acids is 9. The number of phenols is 2. The number of phenolic OH excluding ortho intramolecular Hbond substituents is 2. The van der Waals surface area contributed by atoms with Gasteiger partial charge in [0, 0.05) is 50.7 Å². The number of hydrogen-bond acceptors (Lipinski definition) is 17. The van der Waals surface area contributed by atoms with E-state index in [0.717, 1.165) is 0 Å². The first-order valence-electron chi connectivity index (χ1n) is 25.9. The number of hydrogen-bond donors (Lipinski definition) is 16. The van der Waals surface area contributed by atoms with Crippen LogP contribution in [0.2, 0.25) is 0 Å². The molecule has 1 aromatic heterocycles. The van der Waals surface area contributed by atoms with Crippen molar-refractivity contribution in [2.45, 2.75) is 126 Å². The molecule has 0 radical (unpaired) electrons. The number of rotatable bonds is 33. The van der Waals surface area contributed by atoms with E-state index in [1.807, 2.05) is 0 Å². The van der Waals surface area contributed by atoms with E-state index in [2.05, 4.69) is 52.2 Å². The Labute approximate surface area is 470 Å². The fourth-order valence-corrected chi connectivity index (χ4v) is 8.87. The number of nitrogens with one attached hydrogen (secondary N) is 8. The average molecular weight is 1150 g/mol. The Bertz CT molecular complexity index is 2660. The Kier molecular flexibility index (Phi) is 26.1. The summed E-state index contributed by atoms with van der Waals surface area (Å²) in [6.45, 7) is 0.378. The largest absolute Gasteiger partial charge is 0.508 e. The normalized spacial score (nSPS) is 15.9. The van der Waals surface area contributed by atoms with Gasteiger partial charge >= 0.3 is 5.97 Å². The molecule has 0 aliphatic carbocycles. The van der Waals surface area contributed by atoms with E-state index < -0.39 is 120 Å². The van der Waals surface area contributed by atoms with Crippen LogP contribution in [0, 0.1) is 0 Å². The Hall–Kier alpha value is -8.51. The van der Waals surface area contributed by atoms with Crippen LogP contribution in [0.25, 0.3) is 0 Å². The van der Waals surface area contributed by atoms with Gasteiger partial charge in [-0.2, -0.15) is 11.8 Å². The fraction of sp³-hybridized carbons (Fsp3) is 0.490. The number of H-pyrrole nitrogens is 1. The molecule has 1 saturated heterocycles. The number of aromatic amines is 1. The molecule has 30 heteroatoms. The number of carboxylic acid groups (broad SMARTS) is 1. The number of nitrogens with zero attached hydrogens (tertiary/aromatic N) is 3. The highest BCUT2D eigenvalue weighted by atomic mass is 32.2. The van der Waals surface area contributed by atoms with Crippen LogP contribution in [-0.4, -0.2) is 186 Å². The highest BCUT2D eigenvalue weighted by Crippen LogP contribution is 2.22. The Morgan fingerprint density at radius 1 is 0.704 bits per heavy atom. The number of likely N-dealkylation sites (tertiary alicyclic amines) is 1. The van der Waals surface area contributed by atoms with Gasteiger partial charge < -0.3 is 90.5 Å². The van der Waals surface area contributed by atoms with E-state index in [9.17, 15) is 68.4 Å². The van der Waals surface area contributed by atoms with Crippen LogP contribution in [0.3, 0.4) is 0 Å². The molecule has 0 bridgehead atoms. The third kappa shape index (κ3) is 21.6. The second-order valence-electron chi connectivity index (χ2n) is 19.2. The molecular weight excluding hydrogens is 1080 g/mol. The first-order chi connectivity index (χ1) is 38.5. The predicted molar refractivity (Wildman–Crippen MR) is 294 cm³/mol. The van der Waals surface area contributed by atoms with E-state index in [1.165, 1.54) is 84.6 Å². The smallest absolute Gasteiger partial charge is 0.328 e. The summed E-state index contributed by atoms with van der Waals surface area (Å²) in [5.41, 5.74) is 23.6. The molecule has 81 heavy (non-hydrogen) atoms. The average Bonchev–Trinajstić information content (AvgIpc) is 4.17. The zero-order valence-corrected chi connectivity index (χ0v) is 45.6. The van der Waals surface area contributed by atoms with Crippen molar-refractivity contribution in [2.75, 3.05) is 31.7 Å². The second kappa shape index (κ2) is 32.5. The number of aliphatic hydroxyl groups is 1. The minimum Gasteiger partial charge on any atom is -0.508 e. The van der Waals surface area contributed by atoms with Crippen molar-refractivity contribution in [1.82, 2.24) is 52.1 Å². The maximum Gasteiger partial charge on any atom is 0.328 e. The number of carboxylic acids is 1. The molecule has 4 rings (SSSR count). The first kappa shape index (κ1) is 65.0. The Morgan fingerprint density at radius 2 is 1.23 bits per heavy atom. The molecule has 0 unspecified atom stereocenters. The van der Waals surface area contributed by atoms with E-state index in [1.54, 1.807) is 6.26 Å². The van der Waals surface area contributed by atoms with Crippen molar-refractivity contribution >= 4 is 76.9 Å². The number of guanidine groups is 1. The zero-order chi connectivity index (χ0) is 59.8. The summed E-state index contributed by atoms with van der Waals surface area (Å²) in [5.74, 6) is -8.92. The van der Waals surface area contributed by atoms with Gasteiger partial charge in [0.25, 0.3) is 0 Å². The maximum absolute atomic E-state index is 14.8. The second-order valence-corrected chi connectivity index (χ2v) is 20.2. The fourth-order valence-electron chi connectivity index (χ4n) is 8.40. The zero-order valence-electron chi connectivity index (χ0n) is 44.8. The molecule has 9 amide bonds. The minimum atomic E-state index is -1.67. The summed E-state index contributed by atoms with van der Waals surface area (Å²) in [4.78, 5) is 147. The maximum atomic E-state index is 14.8. The summed E-state index contributed by atoms with van der Waals surface area (Å²) < 4.78 is 0. The number of benzene rings is 2. The van der Waals surface area contributed by atoms with E-state index in [4.69, 9.17) is 22.9 Å². The highest BCUT2D eigenvalue weighted by Gasteiger charge is 2.40. The summed E-state index contributed by atoms with van der Waals surface area (Å²) in [7, 11) is 0. The molecule has 1 aliphatic heterocycles. The summed E-state index contributed by atoms with van der Waals surface area (Å²) in [5, 5.41) is 56.6. The molecule has 29 nitrogen and oxygen atoms in total. The number of primary amides is 1. The Balaban J connectivity index is 1.61. The molecule has 3 aromatic rings. The lowest BCUT2D eigenvalue weighted by atomic mass is 10.0. The van der Waals surface area contributed by atoms with Crippen LogP contribution in [0.5, 0.6) is 11.5 Å². The number of aliphatic imine (C=N–C) groups is 1. The molecule has 0 spiro atoms. The number of imidazole rings is 1. The van der Waals surface area contributed by atoms with Crippen LogP contribution in [0.4, 0.5) is 0 Å². The van der Waals surface area contributed by atoms with Crippen LogP contribution in [0.1, 0.15) is 68.7 Å². The van der Waals surface area contributed by atoms with Crippen molar-refractivity contribution in [1.29, 1.82) is 0 Å². The molecule has 20 N–H and O–H groups in total. The van der Waals surface area contributed by atoms with Gasteiger partial charge in [-0.05, 0) is 92.8 Å². The molecule has 2 heterocycles. The van der Waals surface area contributed by atoms with Gasteiger partial charge in [0.1, 0.15) is 59.8 Å². The monoisotopic (exact) mass is 1150 g/mol. The SMILES string of the molecule is CSCC[C@H](NC(=O)[C@H](Cc1ccc(O)cc1)NC(=O)[C@H](Cc1cnc[nH]1)NC(=O)[C@@H](N)CCC(N)=O)C(=O)N1CCC[C@H]1C(=O)N[C@@H](Cc1ccc(O)cc1)C(=O)N[C@@H](CCCN=C(N)N)C(=O)N[C@@H](C)C(=O)N[C@@H](CO)C(=O)O. The van der Waals surface area contributed by atoms with Gasteiger partial charge in [0.2, 0.25) is 53.2 Å². The molecule has 2 aromatic carbocycles. The molecule has 1 fully saturated rings. The molecular formula is C51H73N15O14S. The lowest BCUT2D eigenvalue weighted by Gasteiger charge is -2.31. The molecule has 0 saturated carbocycles. The number of aromatic nitrogens is 2.